The Kier molecular flexibility index (Phi) is 7.93. The number of pyridine rings is 2. The van der Waals surface area contributed by atoms with E-state index in [0.717, 1.165) is 12.1 Å². The molecule has 2 aliphatic carbocycles. The van der Waals surface area contributed by atoms with E-state index < -0.39 is 51.6 Å². The van der Waals surface area contributed by atoms with Crippen molar-refractivity contribution >= 4 is 39.0 Å². The van der Waals surface area contributed by atoms with E-state index in [4.69, 9.17) is 11.6 Å². The Hall–Kier alpha value is -3.87. The van der Waals surface area contributed by atoms with Crippen molar-refractivity contribution in [3.8, 4) is 5.69 Å². The summed E-state index contributed by atoms with van der Waals surface area (Å²) in [6, 6.07) is 10.1. The van der Waals surface area contributed by atoms with Crippen molar-refractivity contribution in [2.75, 3.05) is 6.54 Å². The minimum atomic E-state index is -3.49. The second-order valence-electron chi connectivity index (χ2n) is 10.9. The Labute approximate surface area is 256 Å². The minimum absolute atomic E-state index is 0.00270. The van der Waals surface area contributed by atoms with Crippen LogP contribution in [0.4, 0.5) is 17.6 Å². The number of carbonyl (C=O) groups is 1. The molecule has 3 aromatic heterocycles. The van der Waals surface area contributed by atoms with Crippen LogP contribution in [0.3, 0.4) is 0 Å². The predicted molar refractivity (Wildman–Crippen MR) is 159 cm³/mol. The molecule has 228 valence electrons. The summed E-state index contributed by atoms with van der Waals surface area (Å²) in [4.78, 5) is 22.6. The van der Waals surface area contributed by atoms with Crippen LogP contribution in [-0.2, 0) is 16.1 Å². The van der Waals surface area contributed by atoms with E-state index in [9.17, 15) is 26.6 Å². The van der Waals surface area contributed by atoms with Crippen molar-refractivity contribution < 1.29 is 26.6 Å². The van der Waals surface area contributed by atoms with Gasteiger partial charge in [0, 0.05) is 24.5 Å². The zero-order chi connectivity index (χ0) is 31.2. The maximum absolute atomic E-state index is 14.4. The Balaban J connectivity index is 1.45. The Morgan fingerprint density at radius 1 is 1.11 bits per heavy atom. The van der Waals surface area contributed by atoms with E-state index in [2.05, 4.69) is 20.9 Å². The molecule has 13 heteroatoms. The maximum Gasteiger partial charge on any atom is 0.252 e. The lowest BCUT2D eigenvalue weighted by Gasteiger charge is -2.47. The largest absolute Gasteiger partial charge is 0.291 e. The fourth-order valence-electron chi connectivity index (χ4n) is 6.22. The Morgan fingerprint density at radius 2 is 1.89 bits per heavy atom. The molecule has 3 atom stereocenters. The highest BCUT2D eigenvalue weighted by Crippen LogP contribution is 2.51. The van der Waals surface area contributed by atoms with E-state index in [1.165, 1.54) is 41.0 Å². The van der Waals surface area contributed by atoms with Gasteiger partial charge in [0.05, 0.1) is 44.1 Å². The van der Waals surface area contributed by atoms with Crippen LogP contribution in [0.2, 0.25) is 5.15 Å². The third-order valence-electron chi connectivity index (χ3n) is 8.27. The van der Waals surface area contributed by atoms with Gasteiger partial charge < -0.3 is 0 Å². The standard InChI is InChI=1S/C31H26ClF4N5O2S/c1-44(43,25-8-9-28(32)38-17-25)40(18-29(35)36)24-5-2-20-12-27-19(16-39-41(27)23-6-3-21(33)4-7-23)14-31(20,15-24)30(42)26-13-22(34)10-11-37-26/h3-4,6-13,16-17,24,29H,1-2,5,14-15,18H2/t24-,31-,44?/m0/s1. The molecule has 3 heterocycles. The normalized spacial score (nSPS) is 21.0. The number of halogens is 5. The monoisotopic (exact) mass is 643 g/mol. The summed E-state index contributed by atoms with van der Waals surface area (Å²) in [7, 11) is -3.49. The second kappa shape index (κ2) is 11.6. The van der Waals surface area contributed by atoms with Gasteiger partial charge in [-0.15, -0.1) is 0 Å². The molecule has 0 N–H and O–H groups in total. The number of nitrogens with zero attached hydrogens (tertiary/aromatic N) is 5. The van der Waals surface area contributed by atoms with Gasteiger partial charge in [-0.25, -0.2) is 35.7 Å². The molecular formula is C31H26ClF4N5O2S. The van der Waals surface area contributed by atoms with Gasteiger partial charge in [0.25, 0.3) is 6.43 Å². The van der Waals surface area contributed by atoms with Crippen LogP contribution >= 0.6 is 11.6 Å². The number of carbonyl (C=O) groups excluding carboxylic acids is 1. The van der Waals surface area contributed by atoms with Crippen molar-refractivity contribution in [1.82, 2.24) is 24.1 Å². The first kappa shape index (κ1) is 30.2. The van der Waals surface area contributed by atoms with Crippen LogP contribution in [0.5, 0.6) is 0 Å². The topological polar surface area (TPSA) is 81.0 Å². The van der Waals surface area contributed by atoms with Gasteiger partial charge >= 0.3 is 0 Å². The molecule has 44 heavy (non-hydrogen) atoms. The molecule has 0 bridgehead atoms. The number of allylic oxidation sites excluding steroid dienone is 1. The number of hydrogen-bond donors (Lipinski definition) is 0. The molecule has 6 rings (SSSR count). The summed E-state index contributed by atoms with van der Waals surface area (Å²) in [6.07, 6.45) is 3.73. The van der Waals surface area contributed by atoms with Gasteiger partial charge in [-0.2, -0.15) is 5.10 Å². The maximum atomic E-state index is 14.4. The number of Topliss-reactive ketones (excluding diaryl/α,β-unsaturated/α-hetero) is 1. The summed E-state index contributed by atoms with van der Waals surface area (Å²) in [5.74, 6) is 2.33. The van der Waals surface area contributed by atoms with Gasteiger partial charge in [0.1, 0.15) is 22.5 Å². The van der Waals surface area contributed by atoms with E-state index in [-0.39, 0.29) is 41.4 Å². The van der Waals surface area contributed by atoms with Crippen molar-refractivity contribution in [1.29, 1.82) is 0 Å². The van der Waals surface area contributed by atoms with E-state index >= 15 is 0 Å². The molecule has 1 aromatic carbocycles. The van der Waals surface area contributed by atoms with Crippen molar-refractivity contribution in [2.24, 2.45) is 5.41 Å². The Morgan fingerprint density at radius 3 is 2.57 bits per heavy atom. The predicted octanol–water partition coefficient (Wildman–Crippen LogP) is 6.21. The van der Waals surface area contributed by atoms with Gasteiger partial charge in [-0.1, -0.05) is 17.2 Å². The zero-order valence-corrected chi connectivity index (χ0v) is 24.7. The number of alkyl halides is 2. The van der Waals surface area contributed by atoms with Crippen LogP contribution in [0.25, 0.3) is 11.8 Å². The fraction of sp³-hybridized carbons (Fsp3) is 0.258. The third-order valence-corrected chi connectivity index (χ3v) is 10.7. The summed E-state index contributed by atoms with van der Waals surface area (Å²) >= 11 is 5.90. The van der Waals surface area contributed by atoms with E-state index in [0.29, 0.717) is 22.5 Å². The number of benzene rings is 1. The molecule has 7 nitrogen and oxygen atoms in total. The van der Waals surface area contributed by atoms with Crippen LogP contribution < -0.4 is 0 Å². The van der Waals surface area contributed by atoms with Crippen molar-refractivity contribution in [3.05, 3.63) is 106 Å². The number of ketones is 1. The number of fused-ring (bicyclic) bond motifs is 2. The lowest BCUT2D eigenvalue weighted by atomic mass is 9.60. The molecule has 1 fully saturated rings. The molecule has 0 spiro atoms. The number of aromatic nitrogens is 4. The fourth-order valence-corrected chi connectivity index (χ4v) is 8.12. The molecule has 0 amide bonds. The molecule has 0 radical (unpaired) electrons. The van der Waals surface area contributed by atoms with Crippen LogP contribution in [0.15, 0.2) is 77.6 Å². The SMILES string of the molecule is C=S(=O)(c1ccc(Cl)nc1)N(CC(F)F)[C@H]1CCC2=Cc3c(cnn3-c3ccc(F)cc3)C[C@]2(C(=O)c2cc(F)ccn2)C1. The first-order valence-electron chi connectivity index (χ1n) is 13.7. The van der Waals surface area contributed by atoms with Crippen LogP contribution in [0, 0.1) is 17.0 Å². The van der Waals surface area contributed by atoms with E-state index in [1.807, 2.05) is 6.08 Å². The van der Waals surface area contributed by atoms with Crippen LogP contribution in [-0.4, -0.2) is 58.9 Å². The highest BCUT2D eigenvalue weighted by Gasteiger charge is 2.51. The molecule has 0 aliphatic heterocycles. The van der Waals surface area contributed by atoms with Gasteiger partial charge in [-0.3, -0.25) is 9.78 Å². The first-order chi connectivity index (χ1) is 21.0. The second-order valence-corrected chi connectivity index (χ2v) is 13.5. The number of hydrogen-bond acceptors (Lipinski definition) is 5. The first-order valence-corrected chi connectivity index (χ1v) is 15.8. The lowest BCUT2D eigenvalue weighted by molar-refractivity contribution is 0.0666. The van der Waals surface area contributed by atoms with Crippen LogP contribution in [0.1, 0.15) is 41.0 Å². The Bertz CT molecular complexity index is 1860. The van der Waals surface area contributed by atoms with E-state index in [1.54, 1.807) is 23.0 Å². The lowest BCUT2D eigenvalue weighted by Crippen LogP contribution is -2.51. The van der Waals surface area contributed by atoms with Gasteiger partial charge in [0.15, 0.2) is 5.78 Å². The zero-order valence-electron chi connectivity index (χ0n) is 23.2. The van der Waals surface area contributed by atoms with Gasteiger partial charge in [0.2, 0.25) is 0 Å². The van der Waals surface area contributed by atoms with Gasteiger partial charge in [-0.05, 0) is 85.7 Å². The summed E-state index contributed by atoms with van der Waals surface area (Å²) < 4.78 is 73.0. The van der Waals surface area contributed by atoms with Crippen molar-refractivity contribution in [3.63, 3.8) is 0 Å². The summed E-state index contributed by atoms with van der Waals surface area (Å²) in [5, 5.41) is 4.63. The quantitative estimate of drug-likeness (QED) is 0.0987. The minimum Gasteiger partial charge on any atom is -0.291 e. The van der Waals surface area contributed by atoms with Crippen molar-refractivity contribution in [2.45, 2.75) is 43.0 Å². The highest BCUT2D eigenvalue weighted by molar-refractivity contribution is 7.98. The average molecular weight is 644 g/mol. The molecule has 2 aliphatic rings. The molecule has 4 aromatic rings. The highest BCUT2D eigenvalue weighted by atomic mass is 35.5. The smallest absolute Gasteiger partial charge is 0.252 e. The third kappa shape index (κ3) is 5.46. The number of rotatable bonds is 8. The summed E-state index contributed by atoms with van der Waals surface area (Å²) in [5.41, 5.74) is 1.26. The molecule has 1 saturated carbocycles. The molecular weight excluding hydrogens is 618 g/mol. The average Bonchev–Trinajstić information content (AvgIpc) is 3.40. The molecule has 0 saturated heterocycles. The molecule has 1 unspecified atom stereocenters. The summed E-state index contributed by atoms with van der Waals surface area (Å²) in [6.45, 7) is -0.856.